The maximum atomic E-state index is 12.1. The lowest BCUT2D eigenvalue weighted by atomic mass is 9.79. The molecule has 11 nitrogen and oxygen atoms in total. The quantitative estimate of drug-likeness (QED) is 0.0455. The Kier molecular flexibility index (Phi) is 27.6. The van der Waals surface area contributed by atoms with Crippen LogP contribution in [-0.2, 0) is 42.7 Å². The average Bonchev–Trinajstić information content (AvgIpc) is 2.96. The second kappa shape index (κ2) is 27.3. The Hall–Kier alpha value is -3.98. The van der Waals surface area contributed by atoms with Crippen molar-refractivity contribution < 1.29 is 69.0 Å². The van der Waals surface area contributed by atoms with E-state index in [0.717, 1.165) is 6.08 Å². The predicted octanol–water partition coefficient (Wildman–Crippen LogP) is 6.54. The fourth-order valence-electron chi connectivity index (χ4n) is 2.54. The lowest BCUT2D eigenvalue weighted by molar-refractivity contribution is -0.168. The molecule has 0 saturated heterocycles. The standard InChI is InChI=1S/C15H22F3NO4.C7H9F3O2.C6H7NO2.HOP/c1-4-14(3,13(21)23-9-6-15(16,17)18)10-11(2)12(20)22-8-5-7-19;1-5(2)6(11)12-4-3-7(8,9)10;1-2-6(8)9-5-3-4-7;1-2/h11H,4-6,8-10H2,1-3H3;1,3-4H2,2H3;2H,1,3,5H2;2H/i;;;2T. The molecule has 0 aromatic carbocycles. The first-order valence-corrected chi connectivity index (χ1v) is 13.6. The van der Waals surface area contributed by atoms with Crippen molar-refractivity contribution in [3.63, 3.8) is 0 Å². The van der Waals surface area contributed by atoms with E-state index in [1.54, 1.807) is 20.8 Å². The second-order valence-electron chi connectivity index (χ2n) is 9.16. The Morgan fingerprint density at radius 3 is 1.72 bits per heavy atom. The van der Waals surface area contributed by atoms with Gasteiger partial charge in [-0.1, -0.05) is 27.0 Å². The first-order valence-electron chi connectivity index (χ1n) is 13.7. The van der Waals surface area contributed by atoms with Crippen molar-refractivity contribution in [3.05, 3.63) is 24.8 Å². The molecule has 0 aliphatic heterocycles. The monoisotopic (exact) mass is 694 g/mol. The Labute approximate surface area is 267 Å². The molecule has 0 aliphatic carbocycles. The molecule has 2 atom stereocenters. The third kappa shape index (κ3) is 31.4. The molecule has 0 saturated carbocycles. The van der Waals surface area contributed by atoms with Crippen LogP contribution in [0.15, 0.2) is 24.8 Å². The van der Waals surface area contributed by atoms with Gasteiger partial charge in [0, 0.05) is 11.6 Å². The van der Waals surface area contributed by atoms with Gasteiger partial charge in [0.1, 0.15) is 30.2 Å². The zero-order valence-electron chi connectivity index (χ0n) is 26.9. The summed E-state index contributed by atoms with van der Waals surface area (Å²) < 4.78 is 103. The zero-order chi connectivity index (χ0) is 37.7. The molecule has 0 N–H and O–H groups in total. The minimum Gasteiger partial charge on any atom is -0.465 e. The smallest absolute Gasteiger partial charge is 0.392 e. The van der Waals surface area contributed by atoms with Crippen LogP contribution in [0.2, 0.25) is 0 Å². The van der Waals surface area contributed by atoms with E-state index in [0.29, 0.717) is 6.42 Å². The van der Waals surface area contributed by atoms with Gasteiger partial charge >= 0.3 is 36.2 Å². The zero-order valence-corrected chi connectivity index (χ0v) is 26.8. The van der Waals surface area contributed by atoms with Crippen LogP contribution in [-0.4, -0.2) is 63.9 Å². The highest BCUT2D eigenvalue weighted by Crippen LogP contribution is 2.32. The number of rotatable bonds is 15. The summed E-state index contributed by atoms with van der Waals surface area (Å²) in [7, 11) is -0.583. The molecule has 0 rings (SSSR count). The highest BCUT2D eigenvalue weighted by molar-refractivity contribution is 7.00. The van der Waals surface area contributed by atoms with E-state index in [1.165, 1.54) is 6.92 Å². The van der Waals surface area contributed by atoms with Crippen molar-refractivity contribution in [2.45, 2.75) is 78.6 Å². The van der Waals surface area contributed by atoms with Gasteiger partial charge in [-0.3, -0.25) is 14.2 Å². The van der Waals surface area contributed by atoms with Crippen molar-refractivity contribution in [2.75, 3.05) is 26.4 Å². The Bertz CT molecular complexity index is 1080. The Morgan fingerprint density at radius 2 is 1.35 bits per heavy atom. The molecule has 18 heteroatoms. The molecule has 0 aromatic heterocycles. The van der Waals surface area contributed by atoms with Gasteiger partial charge in [-0.2, -0.15) is 36.9 Å². The van der Waals surface area contributed by atoms with Crippen LogP contribution in [0, 0.1) is 34.0 Å². The van der Waals surface area contributed by atoms with E-state index in [4.69, 9.17) is 25.8 Å². The average molecular weight is 695 g/mol. The van der Waals surface area contributed by atoms with Crippen molar-refractivity contribution in [1.82, 2.24) is 0 Å². The number of ether oxygens (including phenoxy) is 4. The fraction of sp³-hybridized carbons (Fsp3) is 0.643. The Balaban J connectivity index is -0.000000320. The number of carbonyl (C=O) groups excluding carboxylic acids is 4. The van der Waals surface area contributed by atoms with Gasteiger partial charge in [-0.05, 0) is 26.7 Å². The number of carbonyl (C=O) groups is 4. The number of nitriles is 2. The maximum absolute atomic E-state index is 12.1. The van der Waals surface area contributed by atoms with Crippen LogP contribution in [0.3, 0.4) is 0 Å². The molecule has 0 aromatic rings. The lowest BCUT2D eigenvalue weighted by Gasteiger charge is -2.28. The molecular weight excluding hydrogens is 653 g/mol. The second-order valence-corrected chi connectivity index (χ2v) is 9.16. The van der Waals surface area contributed by atoms with E-state index in [9.17, 15) is 45.5 Å². The number of halogens is 6. The van der Waals surface area contributed by atoms with Gasteiger partial charge in [0.05, 0.1) is 55.8 Å². The van der Waals surface area contributed by atoms with Gasteiger partial charge in [0.2, 0.25) is 0 Å². The van der Waals surface area contributed by atoms with Crippen molar-refractivity contribution in [3.8, 4) is 12.1 Å². The van der Waals surface area contributed by atoms with Gasteiger partial charge in [0.15, 0.2) is 0 Å². The molecule has 0 radical (unpaired) electrons. The normalized spacial score (nSPS) is 12.4. The van der Waals surface area contributed by atoms with Crippen molar-refractivity contribution >= 4 is 32.9 Å². The first-order chi connectivity index (χ1) is 21.6. The number of esters is 4. The molecule has 2 unspecified atom stereocenters. The lowest BCUT2D eigenvalue weighted by Crippen LogP contribution is -2.34. The molecule has 0 aliphatic rings. The van der Waals surface area contributed by atoms with Gasteiger partial charge in [-0.15, -0.1) is 0 Å². The number of alkyl halides is 6. The summed E-state index contributed by atoms with van der Waals surface area (Å²) in [4.78, 5) is 44.5. The van der Waals surface area contributed by atoms with E-state index >= 15 is 0 Å². The third-order valence-corrected chi connectivity index (χ3v) is 5.10. The summed E-state index contributed by atoms with van der Waals surface area (Å²) in [6.45, 7) is 11.3. The minimum atomic E-state index is -4.39. The third-order valence-electron chi connectivity index (χ3n) is 5.10. The summed E-state index contributed by atoms with van der Waals surface area (Å²) in [6.07, 6.45) is -9.21. The Morgan fingerprint density at radius 1 is 0.913 bits per heavy atom. The van der Waals surface area contributed by atoms with Crippen LogP contribution < -0.4 is 0 Å². The molecule has 0 heterocycles. The molecule has 46 heavy (non-hydrogen) atoms. The summed E-state index contributed by atoms with van der Waals surface area (Å²) in [5.74, 6) is -3.22. The van der Waals surface area contributed by atoms with Gasteiger partial charge < -0.3 is 18.9 Å². The van der Waals surface area contributed by atoms with Gasteiger partial charge in [-0.25, -0.2) is 9.59 Å². The summed E-state index contributed by atoms with van der Waals surface area (Å²) >= 11 is 0. The highest BCUT2D eigenvalue weighted by atomic mass is 31.0. The van der Waals surface area contributed by atoms with Crippen LogP contribution >= 0.6 is 9.06 Å². The first kappa shape index (κ1) is 46.4. The number of hydrogen-bond donors (Lipinski definition) is 0. The molecule has 0 spiro atoms. The van der Waals surface area contributed by atoms with Crippen molar-refractivity contribution in [1.29, 1.82) is 11.8 Å². The van der Waals surface area contributed by atoms with Crippen LogP contribution in [0.4, 0.5) is 26.3 Å². The van der Waals surface area contributed by atoms with E-state index in [1.807, 2.05) is 12.1 Å². The molecule has 0 bridgehead atoms. The number of hydrogen-bond acceptors (Lipinski definition) is 11. The van der Waals surface area contributed by atoms with E-state index < -0.39 is 82.7 Å². The summed E-state index contributed by atoms with van der Waals surface area (Å²) in [5, 5.41) is 16.4. The summed E-state index contributed by atoms with van der Waals surface area (Å²) in [6, 6.07) is 3.67. The largest absolute Gasteiger partial charge is 0.465 e. The predicted molar refractivity (Wildman–Crippen MR) is 152 cm³/mol. The SMILES string of the molecule is C=C(C)C(=O)OCCC(F)(F)F.C=CC(=O)OCCC#N.CCC(C)(CC(C)C(=O)OCCC#N)C(=O)OCCC(F)(F)F.[3H]P=O. The van der Waals surface area contributed by atoms with Gasteiger partial charge in [0.25, 0.3) is 0 Å². The maximum Gasteiger partial charge on any atom is 0.392 e. The van der Waals surface area contributed by atoms with E-state index in [2.05, 4.69) is 22.6 Å². The molecule has 0 fully saturated rings. The molecule has 0 amide bonds. The molecule has 262 valence electrons. The van der Waals surface area contributed by atoms with E-state index in [-0.39, 0.29) is 38.0 Å². The van der Waals surface area contributed by atoms with Crippen molar-refractivity contribution in [2.24, 2.45) is 11.3 Å². The van der Waals surface area contributed by atoms with Crippen LogP contribution in [0.1, 0.15) is 66.2 Å². The number of nitrogens with zero attached hydrogens (tertiary/aromatic N) is 2. The fourth-order valence-corrected chi connectivity index (χ4v) is 2.54. The summed E-state index contributed by atoms with van der Waals surface area (Å²) in [5.41, 5.74) is -0.976. The highest BCUT2D eigenvalue weighted by Gasteiger charge is 2.37. The minimum absolute atomic E-state index is 0.0292. The van der Waals surface area contributed by atoms with Crippen LogP contribution in [0.5, 0.6) is 0 Å². The topological polar surface area (TPSA) is 170 Å². The van der Waals surface area contributed by atoms with Crippen LogP contribution in [0.25, 0.3) is 0 Å². The molecular formula is C28H39F6N2O9P.